The summed E-state index contributed by atoms with van der Waals surface area (Å²) in [6.45, 7) is 11.0. The number of ether oxygens (including phenoxy) is 4. The van der Waals surface area contributed by atoms with Crippen molar-refractivity contribution in [2.24, 2.45) is 5.92 Å². The first kappa shape index (κ1) is 37.0. The van der Waals surface area contributed by atoms with Crippen LogP contribution in [-0.2, 0) is 35.0 Å². The summed E-state index contributed by atoms with van der Waals surface area (Å²) in [6.07, 6.45) is 22.1. The summed E-state index contributed by atoms with van der Waals surface area (Å²) in [4.78, 5) is 22.8. The molecule has 226 valence electrons. The molecule has 0 aliphatic rings. The summed E-state index contributed by atoms with van der Waals surface area (Å²) >= 11 is 0. The van der Waals surface area contributed by atoms with Crippen LogP contribution in [0.1, 0.15) is 98.5 Å². The van der Waals surface area contributed by atoms with Gasteiger partial charge in [0, 0.05) is 0 Å². The van der Waals surface area contributed by atoms with Gasteiger partial charge in [-0.15, -0.1) is 0 Å². The van der Waals surface area contributed by atoms with E-state index in [4.69, 9.17) is 9.47 Å². The van der Waals surface area contributed by atoms with Crippen LogP contribution in [-0.4, -0.2) is 37.4 Å². The van der Waals surface area contributed by atoms with Gasteiger partial charge >= 0.3 is 11.9 Å². The molecule has 1 aromatic carbocycles. The van der Waals surface area contributed by atoms with Crippen molar-refractivity contribution in [1.29, 1.82) is 0 Å². The zero-order valence-electron chi connectivity index (χ0n) is 26.2. The Kier molecular flexibility index (Phi) is 20.1. The molecule has 0 aliphatic carbocycles. The van der Waals surface area contributed by atoms with Gasteiger partial charge in [-0.2, -0.15) is 0 Å². The number of rotatable bonds is 18. The Bertz CT molecular complexity index is 883. The SMILES string of the molecule is CC=CCCCCCCCC=COC(C)(C)C(=O)OC.COC(=O)C(C)(C)OC=CC(C)CCc1ccccc1. The second-order valence-electron chi connectivity index (χ2n) is 10.9. The van der Waals surface area contributed by atoms with Crippen molar-refractivity contribution in [2.45, 2.75) is 111 Å². The quantitative estimate of drug-likeness (QED) is 0.0778. The van der Waals surface area contributed by atoms with Gasteiger partial charge in [0.15, 0.2) is 11.2 Å². The first-order chi connectivity index (χ1) is 19.0. The Balaban J connectivity index is 0.000000760. The van der Waals surface area contributed by atoms with Gasteiger partial charge < -0.3 is 18.9 Å². The summed E-state index contributed by atoms with van der Waals surface area (Å²) in [5.41, 5.74) is -0.508. The van der Waals surface area contributed by atoms with E-state index >= 15 is 0 Å². The van der Waals surface area contributed by atoms with E-state index in [0.29, 0.717) is 5.92 Å². The molecule has 0 aromatic heterocycles. The van der Waals surface area contributed by atoms with Crippen LogP contribution in [0.3, 0.4) is 0 Å². The number of carbonyl (C=O) groups excluding carboxylic acids is 2. The van der Waals surface area contributed by atoms with Crippen molar-refractivity contribution in [3.63, 3.8) is 0 Å². The van der Waals surface area contributed by atoms with Crippen LogP contribution in [0.15, 0.2) is 67.2 Å². The van der Waals surface area contributed by atoms with Gasteiger partial charge in [0.05, 0.1) is 26.7 Å². The number of esters is 2. The number of hydrogen-bond donors (Lipinski definition) is 0. The fourth-order valence-electron chi connectivity index (χ4n) is 3.57. The lowest BCUT2D eigenvalue weighted by molar-refractivity contribution is -0.159. The first-order valence-corrected chi connectivity index (χ1v) is 14.5. The van der Waals surface area contributed by atoms with Crippen LogP contribution in [0.5, 0.6) is 0 Å². The lowest BCUT2D eigenvalue weighted by Crippen LogP contribution is -2.34. The van der Waals surface area contributed by atoms with Gasteiger partial charge in [-0.3, -0.25) is 0 Å². The lowest BCUT2D eigenvalue weighted by atomic mass is 10.0. The molecule has 0 radical (unpaired) electrons. The second-order valence-corrected chi connectivity index (χ2v) is 10.9. The number of carbonyl (C=O) groups is 2. The van der Waals surface area contributed by atoms with Gasteiger partial charge in [0.25, 0.3) is 0 Å². The van der Waals surface area contributed by atoms with Gasteiger partial charge in [0.1, 0.15) is 0 Å². The molecule has 1 atom stereocenters. The maximum absolute atomic E-state index is 11.4. The largest absolute Gasteiger partial charge is 0.484 e. The Morgan fingerprint density at radius 3 is 1.80 bits per heavy atom. The molecule has 1 rings (SSSR count). The summed E-state index contributed by atoms with van der Waals surface area (Å²) in [5, 5.41) is 0. The summed E-state index contributed by atoms with van der Waals surface area (Å²) in [6, 6.07) is 10.4. The number of hydrogen-bond acceptors (Lipinski definition) is 6. The third-order valence-corrected chi connectivity index (χ3v) is 6.29. The Morgan fingerprint density at radius 2 is 1.27 bits per heavy atom. The average molecular weight is 559 g/mol. The summed E-state index contributed by atoms with van der Waals surface area (Å²) in [7, 11) is 2.73. The molecule has 1 unspecified atom stereocenters. The highest BCUT2D eigenvalue weighted by Gasteiger charge is 2.30. The van der Waals surface area contributed by atoms with Crippen molar-refractivity contribution in [1.82, 2.24) is 0 Å². The maximum Gasteiger partial charge on any atom is 0.349 e. The highest BCUT2D eigenvalue weighted by molar-refractivity contribution is 5.78. The van der Waals surface area contributed by atoms with Crippen molar-refractivity contribution in [3.8, 4) is 0 Å². The first-order valence-electron chi connectivity index (χ1n) is 14.5. The minimum Gasteiger partial charge on any atom is -0.484 e. The van der Waals surface area contributed by atoms with Crippen LogP contribution in [0.2, 0.25) is 0 Å². The monoisotopic (exact) mass is 558 g/mol. The molecular weight excluding hydrogens is 504 g/mol. The average Bonchev–Trinajstić information content (AvgIpc) is 2.94. The van der Waals surface area contributed by atoms with E-state index in [1.807, 2.05) is 18.2 Å². The van der Waals surface area contributed by atoms with Gasteiger partial charge in [-0.05, 0) is 96.8 Å². The lowest BCUT2D eigenvalue weighted by Gasteiger charge is -2.21. The Labute approximate surface area is 243 Å². The van der Waals surface area contributed by atoms with E-state index in [-0.39, 0.29) is 11.9 Å². The maximum atomic E-state index is 11.4. The number of methoxy groups -OCH3 is 2. The van der Waals surface area contributed by atoms with Crippen LogP contribution >= 0.6 is 0 Å². The molecular formula is C34H54O6. The topological polar surface area (TPSA) is 71.1 Å². The minimum absolute atomic E-state index is 0.358. The normalized spacial score (nSPS) is 12.7. The number of allylic oxidation sites excluding steroid dienone is 4. The standard InChI is InChI=1S/C17H24O3.C17H30O3/c1-14(10-11-15-8-6-5-7-9-15)12-13-20-17(2,3)16(18)19-4;1-5-6-7-8-9-10-11-12-13-14-15-20-17(2,3)16(18)19-4/h5-9,12-14H,10-11H2,1-4H3;5-6,14-15H,7-13H2,1-4H3. The van der Waals surface area contributed by atoms with E-state index in [1.165, 1.54) is 58.3 Å². The van der Waals surface area contributed by atoms with Crippen molar-refractivity contribution >= 4 is 11.9 Å². The number of unbranched alkanes of at least 4 members (excludes halogenated alkanes) is 6. The van der Waals surface area contributed by atoms with Crippen LogP contribution in [0.25, 0.3) is 0 Å². The zero-order chi connectivity index (χ0) is 30.3. The van der Waals surface area contributed by atoms with Crippen LogP contribution < -0.4 is 0 Å². The molecule has 0 fully saturated rings. The molecule has 0 N–H and O–H groups in total. The molecule has 0 amide bonds. The predicted molar refractivity (Wildman–Crippen MR) is 164 cm³/mol. The fourth-order valence-corrected chi connectivity index (χ4v) is 3.57. The summed E-state index contributed by atoms with van der Waals surface area (Å²) < 4.78 is 20.2. The fraction of sp³-hybridized carbons (Fsp3) is 0.588. The van der Waals surface area contributed by atoms with E-state index in [9.17, 15) is 9.59 Å². The molecule has 1 aromatic rings. The van der Waals surface area contributed by atoms with Crippen molar-refractivity contribution < 1.29 is 28.5 Å². The molecule has 0 heterocycles. The minimum atomic E-state index is -0.940. The van der Waals surface area contributed by atoms with Crippen LogP contribution in [0.4, 0.5) is 0 Å². The second kappa shape index (κ2) is 21.8. The van der Waals surface area contributed by atoms with Crippen molar-refractivity contribution in [2.75, 3.05) is 14.2 Å². The predicted octanol–water partition coefficient (Wildman–Crippen LogP) is 8.51. The Hall–Kier alpha value is -3.02. The van der Waals surface area contributed by atoms with Gasteiger partial charge in [0.2, 0.25) is 0 Å². The molecule has 0 spiro atoms. The molecule has 0 saturated heterocycles. The van der Waals surface area contributed by atoms with Gasteiger partial charge in [-0.25, -0.2) is 9.59 Å². The van der Waals surface area contributed by atoms with E-state index in [2.05, 4.69) is 59.7 Å². The third kappa shape index (κ3) is 18.3. The van der Waals surface area contributed by atoms with Crippen LogP contribution in [0, 0.1) is 5.92 Å². The Morgan fingerprint density at radius 1 is 0.775 bits per heavy atom. The number of benzene rings is 1. The van der Waals surface area contributed by atoms with E-state index in [1.54, 1.807) is 40.2 Å². The number of aryl methyl sites for hydroxylation is 1. The molecule has 6 nitrogen and oxygen atoms in total. The van der Waals surface area contributed by atoms with E-state index in [0.717, 1.165) is 19.3 Å². The third-order valence-electron chi connectivity index (χ3n) is 6.29. The highest BCUT2D eigenvalue weighted by Crippen LogP contribution is 2.15. The molecule has 40 heavy (non-hydrogen) atoms. The summed E-state index contributed by atoms with van der Waals surface area (Å²) in [5.74, 6) is -0.342. The zero-order valence-corrected chi connectivity index (χ0v) is 26.2. The molecule has 0 saturated carbocycles. The smallest absolute Gasteiger partial charge is 0.349 e. The van der Waals surface area contributed by atoms with E-state index < -0.39 is 11.2 Å². The van der Waals surface area contributed by atoms with Gasteiger partial charge in [-0.1, -0.05) is 68.7 Å². The molecule has 6 heteroatoms. The van der Waals surface area contributed by atoms with Crippen molar-refractivity contribution in [3.05, 3.63) is 72.7 Å². The molecule has 0 bridgehead atoms. The highest BCUT2D eigenvalue weighted by atomic mass is 16.6. The molecule has 0 aliphatic heterocycles.